The summed E-state index contributed by atoms with van der Waals surface area (Å²) < 4.78 is 48.9. The average Bonchev–Trinajstić information content (AvgIpc) is 3.36. The Hall–Kier alpha value is -1.81. The van der Waals surface area contributed by atoms with Gasteiger partial charge in [-0.1, -0.05) is 53.2 Å². The Balaban J connectivity index is 0.981. The van der Waals surface area contributed by atoms with E-state index in [0.717, 1.165) is 48.8 Å². The minimum Gasteiger partial charge on any atom is -0.432 e. The summed E-state index contributed by atoms with van der Waals surface area (Å²) in [6.07, 6.45) is -21.2. The van der Waals surface area contributed by atoms with Crippen LogP contribution in [0, 0.1) is 44.8 Å². The molecule has 4 saturated heterocycles. The summed E-state index contributed by atoms with van der Waals surface area (Å²) in [4.78, 5) is 14.8. The van der Waals surface area contributed by atoms with E-state index in [9.17, 15) is 66.1 Å². The highest BCUT2D eigenvalue weighted by Gasteiger charge is 2.69. The quantitative estimate of drug-likeness (QED) is 0.0974. The largest absolute Gasteiger partial charge is 0.432 e. The predicted octanol–water partition coefficient (Wildman–Crippen LogP) is -0.448. The Morgan fingerprint density at radius 1 is 0.622 bits per heavy atom. The number of allylic oxidation sites excluding steroid dienone is 3. The van der Waals surface area contributed by atoms with Gasteiger partial charge in [-0.05, 0) is 122 Å². The lowest BCUT2D eigenvalue weighted by Gasteiger charge is -2.70. The number of ether oxygens (including phenoxy) is 8. The molecule has 9 rings (SSSR count). The van der Waals surface area contributed by atoms with E-state index < -0.39 is 153 Å². The fraction of sp³-hybridized carbons (Fsp3) is 0.906. The van der Waals surface area contributed by atoms with Gasteiger partial charge >= 0.3 is 5.97 Å². The van der Waals surface area contributed by atoms with E-state index in [1.54, 1.807) is 0 Å². The highest BCUT2D eigenvalue weighted by atomic mass is 16.8. The van der Waals surface area contributed by atoms with Gasteiger partial charge in [0.1, 0.15) is 85.5 Å². The van der Waals surface area contributed by atoms with Crippen LogP contribution in [0.3, 0.4) is 0 Å². The molecule has 3 saturated carbocycles. The van der Waals surface area contributed by atoms with Gasteiger partial charge in [0, 0.05) is 0 Å². The monoisotopic (exact) mass is 1060 g/mol. The Bertz CT molecular complexity index is 2100. The summed E-state index contributed by atoms with van der Waals surface area (Å²) in [7, 11) is 0. The van der Waals surface area contributed by atoms with Crippen LogP contribution in [0.1, 0.15) is 113 Å². The van der Waals surface area contributed by atoms with Gasteiger partial charge in [0.25, 0.3) is 0 Å². The van der Waals surface area contributed by atoms with Gasteiger partial charge in [-0.15, -0.1) is 0 Å². The molecule has 422 valence electrons. The molecule has 4 heterocycles. The lowest BCUT2D eigenvalue weighted by molar-refractivity contribution is -0.388. The standard InChI is InChI=1S/C53H84O21/c1-22-11-16-53(48(66)74-46-41(65)38(62)35(59)28(20-55)70-46)18-17-51(7)25(32(53)23(22)2)9-10-30-50(6)14-13-31(49(4,5)29(50)12-15-52(30,51)8)71-47-43(73-44-39(63)36(60)33(57)24(3)68-44)42(26(56)21-67-47)72-45-40(64)37(61)34(58)27(19-54)69-45/h9,22,24,26-31,33-47,54-65H,10-21H2,1-8H3/t22-,24+,26+,27-,28-,29+,30-,31+,33+,34-,35-,36-,37+,38+,39-,40-,41-,42+,43-,44+,45+,46+,47+,50+,51-,52-,53+/m1/s1. The molecule has 0 unspecified atom stereocenters. The van der Waals surface area contributed by atoms with Crippen LogP contribution < -0.4 is 0 Å². The highest BCUT2D eigenvalue weighted by molar-refractivity contribution is 5.84. The first kappa shape index (κ1) is 56.9. The summed E-state index contributed by atoms with van der Waals surface area (Å²) in [5, 5.41) is 128. The molecule has 4 aliphatic heterocycles. The Labute approximate surface area is 432 Å². The van der Waals surface area contributed by atoms with Crippen molar-refractivity contribution in [3.63, 3.8) is 0 Å². The van der Waals surface area contributed by atoms with Crippen LogP contribution in [0.25, 0.3) is 0 Å². The second-order valence-corrected chi connectivity index (χ2v) is 24.8. The van der Waals surface area contributed by atoms with Crippen molar-refractivity contribution in [2.75, 3.05) is 19.8 Å². The zero-order valence-corrected chi connectivity index (χ0v) is 43.9. The lowest BCUT2D eigenvalue weighted by atomic mass is 9.34. The molecule has 12 N–H and O–H groups in total. The van der Waals surface area contributed by atoms with Crippen LogP contribution >= 0.6 is 0 Å². The van der Waals surface area contributed by atoms with Crippen LogP contribution in [0.4, 0.5) is 0 Å². The van der Waals surface area contributed by atoms with Crippen molar-refractivity contribution in [3.05, 3.63) is 22.8 Å². The minimum atomic E-state index is -1.83. The molecule has 0 aromatic rings. The van der Waals surface area contributed by atoms with E-state index in [0.29, 0.717) is 25.7 Å². The van der Waals surface area contributed by atoms with E-state index in [4.69, 9.17) is 37.9 Å². The molecule has 9 aliphatic rings. The fourth-order valence-corrected chi connectivity index (χ4v) is 15.8. The van der Waals surface area contributed by atoms with E-state index in [2.05, 4.69) is 54.5 Å². The van der Waals surface area contributed by atoms with Gasteiger partial charge < -0.3 is 99.2 Å². The first-order valence-corrected chi connectivity index (χ1v) is 26.9. The van der Waals surface area contributed by atoms with Crippen molar-refractivity contribution in [1.82, 2.24) is 0 Å². The maximum absolute atomic E-state index is 14.8. The number of carbonyl (C=O) groups excluding carboxylic acids is 1. The second kappa shape index (κ2) is 20.7. The number of fused-ring (bicyclic) bond motifs is 7. The third-order valence-corrected chi connectivity index (χ3v) is 20.7. The predicted molar refractivity (Wildman–Crippen MR) is 255 cm³/mol. The molecule has 74 heavy (non-hydrogen) atoms. The van der Waals surface area contributed by atoms with Gasteiger partial charge in [-0.25, -0.2) is 0 Å². The van der Waals surface area contributed by atoms with E-state index in [1.165, 1.54) is 6.92 Å². The van der Waals surface area contributed by atoms with E-state index >= 15 is 0 Å². The zero-order valence-electron chi connectivity index (χ0n) is 43.9. The van der Waals surface area contributed by atoms with E-state index in [-0.39, 0.29) is 40.6 Å². The molecule has 21 nitrogen and oxygen atoms in total. The van der Waals surface area contributed by atoms with E-state index in [1.807, 2.05) is 0 Å². The number of esters is 1. The van der Waals surface area contributed by atoms with Crippen LogP contribution in [0.5, 0.6) is 0 Å². The molecule has 0 amide bonds. The van der Waals surface area contributed by atoms with Gasteiger partial charge in [0.05, 0.1) is 37.4 Å². The van der Waals surface area contributed by atoms with Crippen molar-refractivity contribution in [2.24, 2.45) is 44.8 Å². The Kier molecular flexibility index (Phi) is 15.9. The molecule has 5 aliphatic carbocycles. The van der Waals surface area contributed by atoms with Crippen molar-refractivity contribution >= 4 is 5.97 Å². The molecule has 7 fully saturated rings. The number of hydrogen-bond acceptors (Lipinski definition) is 21. The number of hydrogen-bond donors (Lipinski definition) is 12. The first-order valence-electron chi connectivity index (χ1n) is 26.9. The van der Waals surface area contributed by atoms with Crippen LogP contribution in [0.15, 0.2) is 22.8 Å². The molecule has 27 atom stereocenters. The van der Waals surface area contributed by atoms with Crippen molar-refractivity contribution in [2.45, 2.75) is 236 Å². The van der Waals surface area contributed by atoms with Gasteiger partial charge in [-0.2, -0.15) is 0 Å². The molecule has 0 radical (unpaired) electrons. The van der Waals surface area contributed by atoms with Crippen molar-refractivity contribution in [1.29, 1.82) is 0 Å². The summed E-state index contributed by atoms with van der Waals surface area (Å²) in [6.45, 7) is 15.6. The molecular weight excluding hydrogens is 973 g/mol. The molecule has 0 bridgehead atoms. The molecule has 0 aromatic heterocycles. The summed E-state index contributed by atoms with van der Waals surface area (Å²) in [5.41, 5.74) is 0.921. The summed E-state index contributed by atoms with van der Waals surface area (Å²) in [5.74, 6) is -0.0396. The number of aliphatic hydroxyl groups excluding tert-OH is 12. The lowest BCUT2D eigenvalue weighted by Crippen LogP contribution is -2.66. The minimum absolute atomic E-state index is 0.118. The van der Waals surface area contributed by atoms with Gasteiger partial charge in [-0.3, -0.25) is 4.79 Å². The first-order chi connectivity index (χ1) is 34.7. The van der Waals surface area contributed by atoms with Crippen LogP contribution in [0.2, 0.25) is 0 Å². The molecule has 0 spiro atoms. The number of rotatable bonds is 10. The van der Waals surface area contributed by atoms with Crippen molar-refractivity contribution in [3.8, 4) is 0 Å². The van der Waals surface area contributed by atoms with Crippen LogP contribution in [-0.4, -0.2) is 210 Å². The van der Waals surface area contributed by atoms with Gasteiger partial charge in [0.2, 0.25) is 6.29 Å². The Morgan fingerprint density at radius 3 is 1.84 bits per heavy atom. The third-order valence-electron chi connectivity index (χ3n) is 20.7. The number of aliphatic hydroxyl groups is 12. The number of carbonyl (C=O) groups is 1. The SMILES string of the molecule is CC1=C2C3=CC[C@@H]4[C@@]5(C)CC[C@H](O[C@@H]6OC[C@H](O)[C@H](O[C@@H]7O[C@H](CO)[C@@H](O)[C@H](O)[C@H]7O)[C@H]6O[C@@H]6O[C@@H](C)[C@H](O)[C@@H](O)[C@H]6O)C(C)(C)[C@@H]5CC[C@@]4(C)[C@]3(C)CC[C@@]2(C(=O)O[C@@H]2O[C@H](CO)[C@@H](O)[C@H](O)[C@H]2O)CC[C@H]1C. The van der Waals surface area contributed by atoms with Crippen molar-refractivity contribution < 1.29 is 104 Å². The fourth-order valence-electron chi connectivity index (χ4n) is 15.8. The maximum atomic E-state index is 14.8. The smallest absolute Gasteiger partial charge is 0.318 e. The van der Waals surface area contributed by atoms with Gasteiger partial charge in [0.15, 0.2) is 18.9 Å². The highest BCUT2D eigenvalue weighted by Crippen LogP contribution is 2.75. The third kappa shape index (κ3) is 8.91. The molecular formula is C53H84O21. The molecule has 0 aromatic carbocycles. The normalized spacial score (nSPS) is 53.5. The summed E-state index contributed by atoms with van der Waals surface area (Å²) >= 11 is 0. The maximum Gasteiger partial charge on any atom is 0.318 e. The zero-order chi connectivity index (χ0) is 53.9. The summed E-state index contributed by atoms with van der Waals surface area (Å²) in [6, 6.07) is 0. The average molecular weight is 1060 g/mol. The molecule has 21 heteroatoms. The Morgan fingerprint density at radius 2 is 1.20 bits per heavy atom. The van der Waals surface area contributed by atoms with Crippen LogP contribution in [-0.2, 0) is 42.7 Å². The second-order valence-electron chi connectivity index (χ2n) is 24.8. The topological polar surface area (TPSA) is 334 Å².